The first-order valence-electron chi connectivity index (χ1n) is 7.19. The molecule has 0 aliphatic carbocycles. The lowest BCUT2D eigenvalue weighted by molar-refractivity contribution is 0.0702. The second-order valence-electron chi connectivity index (χ2n) is 5.46. The Morgan fingerprint density at radius 1 is 1.00 bits per heavy atom. The zero-order valence-electron chi connectivity index (χ0n) is 13.1. The summed E-state index contributed by atoms with van der Waals surface area (Å²) in [5.74, 6) is -1.43. The monoisotopic (exact) mass is 376 g/mol. The van der Waals surface area contributed by atoms with E-state index < -0.39 is 15.8 Å². The van der Waals surface area contributed by atoms with Crippen LogP contribution in [0.3, 0.4) is 0 Å². The normalized spacial score (nSPS) is 11.4. The summed E-state index contributed by atoms with van der Waals surface area (Å²) in [6.45, 7) is 0. The van der Waals surface area contributed by atoms with Crippen molar-refractivity contribution in [3.63, 3.8) is 0 Å². The third-order valence-corrected chi connectivity index (χ3v) is 5.94. The number of carbonyl (C=O) groups is 1. The minimum absolute atomic E-state index is 0.154. The van der Waals surface area contributed by atoms with Gasteiger partial charge >= 0.3 is 5.97 Å². The summed E-state index contributed by atoms with van der Waals surface area (Å²) < 4.78 is 36.3. The Bertz CT molecular complexity index is 1030. The highest BCUT2D eigenvalue weighted by Crippen LogP contribution is 2.39. The Morgan fingerprint density at radius 3 is 2.08 bits per heavy atom. The third-order valence-electron chi connectivity index (χ3n) is 3.64. The lowest BCUT2D eigenvalue weighted by Gasteiger charge is -2.06. The lowest BCUT2D eigenvalue weighted by Crippen LogP contribution is -1.96. The molecule has 0 aliphatic rings. The Morgan fingerprint density at radius 2 is 1.56 bits per heavy atom. The van der Waals surface area contributed by atoms with Crippen molar-refractivity contribution in [3.05, 3.63) is 65.3 Å². The fourth-order valence-electron chi connectivity index (χ4n) is 2.41. The first-order valence-corrected chi connectivity index (χ1v) is 9.90. The maximum Gasteiger partial charge on any atom is 0.345 e. The predicted molar refractivity (Wildman–Crippen MR) is 95.2 cm³/mol. The molecule has 128 valence electrons. The van der Waals surface area contributed by atoms with Crippen LogP contribution in [-0.4, -0.2) is 25.7 Å². The average molecular weight is 376 g/mol. The van der Waals surface area contributed by atoms with Gasteiger partial charge in [-0.15, -0.1) is 11.3 Å². The number of carboxylic acids is 1. The van der Waals surface area contributed by atoms with Crippen LogP contribution in [0.25, 0.3) is 21.6 Å². The highest BCUT2D eigenvalue weighted by atomic mass is 32.2. The Balaban J connectivity index is 2.14. The highest BCUT2D eigenvalue weighted by Gasteiger charge is 2.17. The minimum Gasteiger partial charge on any atom is -0.477 e. The molecule has 3 rings (SSSR count). The first kappa shape index (κ1) is 17.3. The summed E-state index contributed by atoms with van der Waals surface area (Å²) in [4.78, 5) is 12.4. The van der Waals surface area contributed by atoms with Crippen molar-refractivity contribution in [2.24, 2.45) is 0 Å². The van der Waals surface area contributed by atoms with Gasteiger partial charge < -0.3 is 5.11 Å². The van der Waals surface area contributed by atoms with Crippen LogP contribution in [0.2, 0.25) is 0 Å². The van der Waals surface area contributed by atoms with Crippen molar-refractivity contribution >= 4 is 27.1 Å². The second kappa shape index (κ2) is 6.42. The maximum absolute atomic E-state index is 13.2. The smallest absolute Gasteiger partial charge is 0.345 e. The van der Waals surface area contributed by atoms with E-state index in [0.717, 1.165) is 17.6 Å². The number of rotatable bonds is 4. The molecule has 0 aliphatic heterocycles. The molecule has 7 heteroatoms. The molecule has 0 spiro atoms. The van der Waals surface area contributed by atoms with Crippen molar-refractivity contribution < 1.29 is 22.7 Å². The van der Waals surface area contributed by atoms with E-state index >= 15 is 0 Å². The van der Waals surface area contributed by atoms with Crippen LogP contribution in [-0.2, 0) is 9.84 Å². The molecular weight excluding hydrogens is 363 g/mol. The van der Waals surface area contributed by atoms with E-state index in [1.165, 1.54) is 24.3 Å². The molecule has 0 radical (unpaired) electrons. The summed E-state index contributed by atoms with van der Waals surface area (Å²) in [6, 6.07) is 13.6. The lowest BCUT2D eigenvalue weighted by atomic mass is 10.0. The molecule has 1 aromatic heterocycles. The number of hydrogen-bond donors (Lipinski definition) is 1. The van der Waals surface area contributed by atoms with Crippen LogP contribution in [0.5, 0.6) is 0 Å². The van der Waals surface area contributed by atoms with Crippen molar-refractivity contribution in [1.29, 1.82) is 0 Å². The molecule has 0 fully saturated rings. The van der Waals surface area contributed by atoms with E-state index in [9.17, 15) is 22.7 Å². The molecule has 0 atom stereocenters. The van der Waals surface area contributed by atoms with Gasteiger partial charge in [-0.2, -0.15) is 0 Å². The van der Waals surface area contributed by atoms with E-state index in [0.29, 0.717) is 21.6 Å². The van der Waals surface area contributed by atoms with Crippen LogP contribution in [0.15, 0.2) is 59.5 Å². The molecule has 0 saturated carbocycles. The standard InChI is InChI=1S/C18H13FO4S2/c1-25(22,23)14-8-4-11(5-9-14)15-10-16(18(20)21)24-17(15)12-2-6-13(19)7-3-12/h2-10H,1H3,(H,20,21). The van der Waals surface area contributed by atoms with E-state index in [1.54, 1.807) is 30.3 Å². The number of hydrogen-bond acceptors (Lipinski definition) is 4. The van der Waals surface area contributed by atoms with Crippen molar-refractivity contribution in [1.82, 2.24) is 0 Å². The Kier molecular flexibility index (Phi) is 4.45. The molecule has 3 aromatic rings. The fourth-order valence-corrected chi connectivity index (χ4v) is 4.06. The maximum atomic E-state index is 13.2. The van der Waals surface area contributed by atoms with Crippen LogP contribution in [0.4, 0.5) is 4.39 Å². The summed E-state index contributed by atoms with van der Waals surface area (Å²) >= 11 is 1.09. The number of aromatic carboxylic acids is 1. The predicted octanol–water partition coefficient (Wildman–Crippen LogP) is 4.32. The minimum atomic E-state index is -3.31. The van der Waals surface area contributed by atoms with Gasteiger partial charge in [0.05, 0.1) is 4.90 Å². The quantitative estimate of drug-likeness (QED) is 0.736. The van der Waals surface area contributed by atoms with Gasteiger partial charge in [-0.25, -0.2) is 17.6 Å². The molecule has 1 N–H and O–H groups in total. The number of carboxylic acid groups (broad SMARTS) is 1. The van der Waals surface area contributed by atoms with Gasteiger partial charge in [0.25, 0.3) is 0 Å². The van der Waals surface area contributed by atoms with E-state index in [4.69, 9.17) is 0 Å². The van der Waals surface area contributed by atoms with Gasteiger partial charge in [0, 0.05) is 16.7 Å². The zero-order chi connectivity index (χ0) is 18.2. The SMILES string of the molecule is CS(=O)(=O)c1ccc(-c2cc(C(=O)O)sc2-c2ccc(F)cc2)cc1. The van der Waals surface area contributed by atoms with Crippen molar-refractivity contribution in [2.75, 3.05) is 6.26 Å². The van der Waals surface area contributed by atoms with Crippen molar-refractivity contribution in [3.8, 4) is 21.6 Å². The van der Waals surface area contributed by atoms with Crippen LogP contribution in [0.1, 0.15) is 9.67 Å². The van der Waals surface area contributed by atoms with Gasteiger partial charge in [-0.05, 0) is 41.5 Å². The number of halogens is 1. The fraction of sp³-hybridized carbons (Fsp3) is 0.0556. The molecule has 0 unspecified atom stereocenters. The molecule has 0 amide bonds. The Labute approximate surface area is 148 Å². The summed E-state index contributed by atoms with van der Waals surface area (Å²) in [5.41, 5.74) is 2.05. The number of benzene rings is 2. The van der Waals surface area contributed by atoms with E-state index in [2.05, 4.69) is 0 Å². The van der Waals surface area contributed by atoms with Crippen LogP contribution < -0.4 is 0 Å². The Hall–Kier alpha value is -2.51. The number of thiophene rings is 1. The molecule has 25 heavy (non-hydrogen) atoms. The van der Waals surface area contributed by atoms with Crippen molar-refractivity contribution in [2.45, 2.75) is 4.90 Å². The molecule has 0 bridgehead atoms. The van der Waals surface area contributed by atoms with Gasteiger partial charge in [0.15, 0.2) is 9.84 Å². The highest BCUT2D eigenvalue weighted by molar-refractivity contribution is 7.90. The van der Waals surface area contributed by atoms with E-state index in [1.807, 2.05) is 0 Å². The van der Waals surface area contributed by atoms with Gasteiger partial charge in [-0.3, -0.25) is 0 Å². The molecule has 0 saturated heterocycles. The molecular formula is C18H13FO4S2. The number of sulfone groups is 1. The second-order valence-corrected chi connectivity index (χ2v) is 8.53. The first-order chi connectivity index (χ1) is 11.8. The average Bonchev–Trinajstić information content (AvgIpc) is 3.00. The molecule has 4 nitrogen and oxygen atoms in total. The summed E-state index contributed by atoms with van der Waals surface area (Å²) in [7, 11) is -3.31. The molecule has 2 aromatic carbocycles. The van der Waals surface area contributed by atoms with Gasteiger partial charge in [-0.1, -0.05) is 24.3 Å². The third kappa shape index (κ3) is 3.62. The zero-order valence-corrected chi connectivity index (χ0v) is 14.7. The van der Waals surface area contributed by atoms with E-state index in [-0.39, 0.29) is 15.6 Å². The summed E-state index contributed by atoms with van der Waals surface area (Å²) in [5, 5.41) is 9.28. The van der Waals surface area contributed by atoms with Crippen LogP contribution >= 0.6 is 11.3 Å². The topological polar surface area (TPSA) is 71.4 Å². The molecule has 1 heterocycles. The van der Waals surface area contributed by atoms with Crippen LogP contribution in [0, 0.1) is 5.82 Å². The summed E-state index contributed by atoms with van der Waals surface area (Å²) in [6.07, 6.45) is 1.12. The largest absolute Gasteiger partial charge is 0.477 e. The van der Waals surface area contributed by atoms with Gasteiger partial charge in [0.2, 0.25) is 0 Å². The van der Waals surface area contributed by atoms with Gasteiger partial charge in [0.1, 0.15) is 10.7 Å².